The number of benzene rings is 1. The van der Waals surface area contributed by atoms with Gasteiger partial charge < -0.3 is 14.2 Å². The van der Waals surface area contributed by atoms with Gasteiger partial charge in [0.05, 0.1) is 6.61 Å². The molecular formula is C14H15ClO5. The minimum absolute atomic E-state index is 0.142. The third kappa shape index (κ3) is 3.04. The van der Waals surface area contributed by atoms with Crippen molar-refractivity contribution >= 4 is 23.4 Å². The highest BCUT2D eigenvalue weighted by atomic mass is 35.5. The zero-order chi connectivity index (χ0) is 14.7. The summed E-state index contributed by atoms with van der Waals surface area (Å²) in [5.41, 5.74) is 0.657. The molecule has 0 N–H and O–H groups in total. The van der Waals surface area contributed by atoms with Gasteiger partial charge >= 0.3 is 5.97 Å². The van der Waals surface area contributed by atoms with Crippen LogP contribution in [0.1, 0.15) is 19.4 Å². The lowest BCUT2D eigenvalue weighted by Crippen LogP contribution is -2.26. The second-order valence-electron chi connectivity index (χ2n) is 4.42. The largest absolute Gasteiger partial charge is 0.465 e. The van der Waals surface area contributed by atoms with Crippen molar-refractivity contribution in [2.75, 3.05) is 13.4 Å². The molecule has 0 amide bonds. The topological polar surface area (TPSA) is 61.8 Å². The van der Waals surface area contributed by atoms with Gasteiger partial charge in [-0.15, -0.1) is 0 Å². The Kier molecular flexibility index (Phi) is 4.49. The van der Waals surface area contributed by atoms with E-state index in [0.29, 0.717) is 22.1 Å². The van der Waals surface area contributed by atoms with Crippen LogP contribution in [0.2, 0.25) is 5.02 Å². The summed E-state index contributed by atoms with van der Waals surface area (Å²) in [4.78, 5) is 23.4. The van der Waals surface area contributed by atoms with Gasteiger partial charge in [0, 0.05) is 11.1 Å². The van der Waals surface area contributed by atoms with E-state index in [2.05, 4.69) is 0 Å². The van der Waals surface area contributed by atoms with Crippen molar-refractivity contribution in [3.8, 4) is 11.5 Å². The number of carbonyl (C=O) groups excluding carboxylic acids is 2. The van der Waals surface area contributed by atoms with Crippen molar-refractivity contribution in [3.63, 3.8) is 0 Å². The van der Waals surface area contributed by atoms with E-state index in [4.69, 9.17) is 25.8 Å². The molecule has 5 nitrogen and oxygen atoms in total. The predicted molar refractivity (Wildman–Crippen MR) is 72.1 cm³/mol. The molecule has 0 saturated heterocycles. The van der Waals surface area contributed by atoms with Gasteiger partial charge in [0.15, 0.2) is 11.5 Å². The second kappa shape index (κ2) is 6.13. The number of hydrogen-bond donors (Lipinski definition) is 0. The maximum atomic E-state index is 11.8. The highest BCUT2D eigenvalue weighted by Gasteiger charge is 2.27. The van der Waals surface area contributed by atoms with E-state index in [0.717, 1.165) is 0 Å². The molecule has 0 spiro atoms. The molecule has 1 aliphatic rings. The first-order valence-electron chi connectivity index (χ1n) is 6.28. The first kappa shape index (κ1) is 14.7. The quantitative estimate of drug-likeness (QED) is 0.617. The SMILES string of the molecule is CCOC(=O)C(Cc1cc2c(cc1Cl)OCO2)C(C)=O. The molecule has 0 bridgehead atoms. The predicted octanol–water partition coefficient (Wildman–Crippen LogP) is 2.38. The number of fused-ring (bicyclic) bond motifs is 1. The lowest BCUT2D eigenvalue weighted by molar-refractivity contribution is -0.151. The average molecular weight is 299 g/mol. The Hall–Kier alpha value is -1.75. The van der Waals surface area contributed by atoms with Gasteiger partial charge in [-0.3, -0.25) is 9.59 Å². The number of Topliss-reactive ketones (excluding diaryl/α,β-unsaturated/α-hetero) is 1. The van der Waals surface area contributed by atoms with E-state index in [1.165, 1.54) is 6.92 Å². The van der Waals surface area contributed by atoms with Crippen LogP contribution >= 0.6 is 11.6 Å². The molecule has 1 aliphatic heterocycles. The van der Waals surface area contributed by atoms with Crippen LogP contribution in [-0.4, -0.2) is 25.2 Å². The number of ether oxygens (including phenoxy) is 3. The van der Waals surface area contributed by atoms with E-state index in [-0.39, 0.29) is 25.6 Å². The Morgan fingerprint density at radius 1 is 1.35 bits per heavy atom. The van der Waals surface area contributed by atoms with Crippen LogP contribution in [0.25, 0.3) is 0 Å². The average Bonchev–Trinajstić information content (AvgIpc) is 2.82. The molecule has 1 atom stereocenters. The van der Waals surface area contributed by atoms with E-state index in [1.807, 2.05) is 0 Å². The van der Waals surface area contributed by atoms with E-state index in [9.17, 15) is 9.59 Å². The van der Waals surface area contributed by atoms with Gasteiger partial charge in [0.1, 0.15) is 11.7 Å². The van der Waals surface area contributed by atoms with E-state index >= 15 is 0 Å². The maximum absolute atomic E-state index is 11.8. The van der Waals surface area contributed by atoms with Crippen LogP contribution in [0.5, 0.6) is 11.5 Å². The van der Waals surface area contributed by atoms with Crippen LogP contribution in [0.15, 0.2) is 12.1 Å². The lowest BCUT2D eigenvalue weighted by Gasteiger charge is -2.14. The van der Waals surface area contributed by atoms with Crippen molar-refractivity contribution < 1.29 is 23.8 Å². The van der Waals surface area contributed by atoms with Crippen molar-refractivity contribution in [1.82, 2.24) is 0 Å². The summed E-state index contributed by atoms with van der Waals surface area (Å²) < 4.78 is 15.4. The molecule has 0 radical (unpaired) electrons. The number of ketones is 1. The molecule has 1 aromatic rings. The molecule has 2 rings (SSSR count). The summed E-state index contributed by atoms with van der Waals surface area (Å²) in [7, 11) is 0. The zero-order valence-electron chi connectivity index (χ0n) is 11.3. The summed E-state index contributed by atoms with van der Waals surface area (Å²) in [6, 6.07) is 3.32. The van der Waals surface area contributed by atoms with E-state index < -0.39 is 11.9 Å². The van der Waals surface area contributed by atoms with Crippen molar-refractivity contribution in [1.29, 1.82) is 0 Å². The maximum Gasteiger partial charge on any atom is 0.316 e. The summed E-state index contributed by atoms with van der Waals surface area (Å²) in [5.74, 6) is -0.511. The van der Waals surface area contributed by atoms with E-state index in [1.54, 1.807) is 19.1 Å². The molecule has 20 heavy (non-hydrogen) atoms. The minimum atomic E-state index is -0.854. The Morgan fingerprint density at radius 2 is 2.00 bits per heavy atom. The Labute approximate surface area is 121 Å². The lowest BCUT2D eigenvalue weighted by atomic mass is 9.95. The standard InChI is InChI=1S/C14H15ClO5/c1-3-18-14(17)10(8(2)16)4-9-5-12-13(6-11(9)15)20-7-19-12/h5-6,10H,3-4,7H2,1-2H3. The zero-order valence-corrected chi connectivity index (χ0v) is 12.0. The van der Waals surface area contributed by atoms with Gasteiger partial charge in [-0.25, -0.2) is 0 Å². The summed E-state index contributed by atoms with van der Waals surface area (Å²) in [5, 5.41) is 0.435. The fourth-order valence-electron chi connectivity index (χ4n) is 1.97. The number of carbonyl (C=O) groups is 2. The Balaban J connectivity index is 2.23. The first-order chi connectivity index (χ1) is 9.52. The normalized spacial score (nSPS) is 13.9. The Bertz CT molecular complexity index is 541. The summed E-state index contributed by atoms with van der Waals surface area (Å²) in [6.07, 6.45) is 0.184. The number of esters is 1. The van der Waals surface area contributed by atoms with Crippen molar-refractivity contribution in [2.24, 2.45) is 5.92 Å². The Morgan fingerprint density at radius 3 is 2.60 bits per heavy atom. The van der Waals surface area contributed by atoms with Gasteiger partial charge in [0.25, 0.3) is 0 Å². The monoisotopic (exact) mass is 298 g/mol. The molecule has 0 aliphatic carbocycles. The highest BCUT2D eigenvalue weighted by molar-refractivity contribution is 6.31. The third-order valence-electron chi connectivity index (χ3n) is 3.03. The smallest absolute Gasteiger partial charge is 0.316 e. The van der Waals surface area contributed by atoms with Crippen LogP contribution in [-0.2, 0) is 20.7 Å². The number of hydrogen-bond acceptors (Lipinski definition) is 5. The molecule has 1 unspecified atom stereocenters. The van der Waals surface area contributed by atoms with Gasteiger partial charge in [-0.05, 0) is 31.9 Å². The second-order valence-corrected chi connectivity index (χ2v) is 4.82. The molecule has 0 fully saturated rings. The van der Waals surface area contributed by atoms with Gasteiger partial charge in [-0.2, -0.15) is 0 Å². The first-order valence-corrected chi connectivity index (χ1v) is 6.65. The van der Waals surface area contributed by atoms with Crippen LogP contribution < -0.4 is 9.47 Å². The molecule has 108 valence electrons. The van der Waals surface area contributed by atoms with Crippen molar-refractivity contribution in [2.45, 2.75) is 20.3 Å². The number of halogens is 1. The fourth-order valence-corrected chi connectivity index (χ4v) is 2.20. The van der Waals surface area contributed by atoms with Crippen LogP contribution in [0.3, 0.4) is 0 Å². The fraction of sp³-hybridized carbons (Fsp3) is 0.429. The number of rotatable bonds is 5. The minimum Gasteiger partial charge on any atom is -0.465 e. The van der Waals surface area contributed by atoms with Crippen LogP contribution in [0.4, 0.5) is 0 Å². The summed E-state index contributed by atoms with van der Waals surface area (Å²) >= 11 is 6.14. The molecule has 0 aromatic heterocycles. The van der Waals surface area contributed by atoms with Gasteiger partial charge in [-0.1, -0.05) is 11.6 Å². The molecule has 1 aromatic carbocycles. The molecular weight excluding hydrogens is 284 g/mol. The molecule has 6 heteroatoms. The third-order valence-corrected chi connectivity index (χ3v) is 3.38. The van der Waals surface area contributed by atoms with Crippen LogP contribution in [0, 0.1) is 5.92 Å². The molecule has 1 heterocycles. The summed E-state index contributed by atoms with van der Waals surface area (Å²) in [6.45, 7) is 3.44. The van der Waals surface area contributed by atoms with Crippen molar-refractivity contribution in [3.05, 3.63) is 22.7 Å². The highest BCUT2D eigenvalue weighted by Crippen LogP contribution is 2.37. The molecule has 0 saturated carbocycles. The van der Waals surface area contributed by atoms with Gasteiger partial charge in [0.2, 0.25) is 6.79 Å².